The fourth-order valence-corrected chi connectivity index (χ4v) is 3.44. The van der Waals surface area contributed by atoms with Crippen molar-refractivity contribution in [2.45, 2.75) is 19.4 Å². The number of benzene rings is 2. The fourth-order valence-electron chi connectivity index (χ4n) is 3.44. The molecule has 29 heavy (non-hydrogen) atoms. The van der Waals surface area contributed by atoms with Crippen LogP contribution >= 0.6 is 0 Å². The number of nitriles is 1. The van der Waals surface area contributed by atoms with E-state index >= 15 is 0 Å². The van der Waals surface area contributed by atoms with E-state index in [1.165, 1.54) is 5.56 Å². The van der Waals surface area contributed by atoms with Crippen molar-refractivity contribution < 1.29 is 14.3 Å². The zero-order valence-electron chi connectivity index (χ0n) is 17.0. The Morgan fingerprint density at radius 1 is 1.03 bits per heavy atom. The molecule has 3 rings (SSSR count). The Morgan fingerprint density at radius 2 is 1.66 bits per heavy atom. The van der Waals surface area contributed by atoms with Crippen LogP contribution in [0.3, 0.4) is 0 Å². The molecule has 0 bridgehead atoms. The predicted molar refractivity (Wildman–Crippen MR) is 111 cm³/mol. The van der Waals surface area contributed by atoms with Gasteiger partial charge < -0.3 is 14.4 Å². The maximum Gasteiger partial charge on any atom is 0.260 e. The summed E-state index contributed by atoms with van der Waals surface area (Å²) >= 11 is 0. The number of carbonyl (C=O) groups is 1. The van der Waals surface area contributed by atoms with E-state index in [-0.39, 0.29) is 18.6 Å². The highest BCUT2D eigenvalue weighted by Crippen LogP contribution is 2.24. The van der Waals surface area contributed by atoms with Crippen molar-refractivity contribution >= 4 is 5.91 Å². The SMILES string of the molecule is CCc1ccc(OCC(=O)N2CCN(C(C#N)c3ccc(OC)cc3)CC2)cc1. The molecule has 0 aliphatic carbocycles. The maximum absolute atomic E-state index is 12.5. The minimum absolute atomic E-state index is 0.0258. The Bertz CT molecular complexity index is 835. The van der Waals surface area contributed by atoms with E-state index in [0.29, 0.717) is 31.9 Å². The summed E-state index contributed by atoms with van der Waals surface area (Å²) in [6.07, 6.45) is 0.976. The van der Waals surface area contributed by atoms with Crippen LogP contribution in [0.5, 0.6) is 11.5 Å². The van der Waals surface area contributed by atoms with Gasteiger partial charge in [-0.25, -0.2) is 0 Å². The van der Waals surface area contributed by atoms with Gasteiger partial charge in [0.1, 0.15) is 17.5 Å². The van der Waals surface area contributed by atoms with Gasteiger partial charge in [-0.2, -0.15) is 5.26 Å². The van der Waals surface area contributed by atoms with Crippen LogP contribution in [0.1, 0.15) is 24.1 Å². The number of amides is 1. The van der Waals surface area contributed by atoms with Gasteiger partial charge in [-0.3, -0.25) is 9.69 Å². The molecule has 1 aliphatic heterocycles. The predicted octanol–water partition coefficient (Wildman–Crippen LogP) is 3.05. The van der Waals surface area contributed by atoms with Crippen molar-refractivity contribution in [2.75, 3.05) is 39.9 Å². The third kappa shape index (κ3) is 5.27. The molecule has 2 aromatic rings. The molecule has 0 radical (unpaired) electrons. The number of rotatable bonds is 7. The van der Waals surface area contributed by atoms with Crippen molar-refractivity contribution in [3.63, 3.8) is 0 Å². The van der Waals surface area contributed by atoms with Crippen molar-refractivity contribution in [1.82, 2.24) is 9.80 Å². The third-order valence-corrected chi connectivity index (χ3v) is 5.28. The van der Waals surface area contributed by atoms with Gasteiger partial charge in [-0.05, 0) is 41.8 Å². The summed E-state index contributed by atoms with van der Waals surface area (Å²) in [4.78, 5) is 16.4. The van der Waals surface area contributed by atoms with Gasteiger partial charge in [-0.15, -0.1) is 0 Å². The molecule has 1 atom stereocenters. The van der Waals surface area contributed by atoms with E-state index < -0.39 is 0 Å². The summed E-state index contributed by atoms with van der Waals surface area (Å²) in [6, 6.07) is 17.4. The molecule has 6 heteroatoms. The van der Waals surface area contributed by atoms with Gasteiger partial charge in [0.15, 0.2) is 6.61 Å². The van der Waals surface area contributed by atoms with E-state index in [0.717, 1.165) is 17.7 Å². The first kappa shape index (κ1) is 20.7. The van der Waals surface area contributed by atoms with Crippen LogP contribution in [0.4, 0.5) is 0 Å². The Labute approximate surface area is 172 Å². The lowest BCUT2D eigenvalue weighted by atomic mass is 10.1. The molecule has 0 N–H and O–H groups in total. The van der Waals surface area contributed by atoms with Gasteiger partial charge >= 0.3 is 0 Å². The molecule has 152 valence electrons. The van der Waals surface area contributed by atoms with E-state index in [1.54, 1.807) is 12.0 Å². The van der Waals surface area contributed by atoms with E-state index in [4.69, 9.17) is 9.47 Å². The van der Waals surface area contributed by atoms with Crippen molar-refractivity contribution in [2.24, 2.45) is 0 Å². The molecule has 1 saturated heterocycles. The lowest BCUT2D eigenvalue weighted by Gasteiger charge is -2.37. The summed E-state index contributed by atoms with van der Waals surface area (Å²) < 4.78 is 10.8. The number of hydrogen-bond donors (Lipinski definition) is 0. The molecule has 0 saturated carbocycles. The molecule has 2 aromatic carbocycles. The van der Waals surface area contributed by atoms with Gasteiger partial charge in [0.2, 0.25) is 0 Å². The molecule has 1 heterocycles. The molecule has 1 aliphatic rings. The Morgan fingerprint density at radius 3 is 2.21 bits per heavy atom. The number of carbonyl (C=O) groups excluding carboxylic acids is 1. The summed E-state index contributed by atoms with van der Waals surface area (Å²) in [5, 5.41) is 9.66. The van der Waals surface area contributed by atoms with Gasteiger partial charge in [0.05, 0.1) is 13.2 Å². The molecule has 0 aromatic heterocycles. The lowest BCUT2D eigenvalue weighted by Crippen LogP contribution is -2.50. The Hall–Kier alpha value is -3.04. The number of hydrogen-bond acceptors (Lipinski definition) is 5. The van der Waals surface area contributed by atoms with Crippen LogP contribution in [-0.4, -0.2) is 55.6 Å². The topological polar surface area (TPSA) is 65.8 Å². The summed E-state index contributed by atoms with van der Waals surface area (Å²) in [7, 11) is 1.62. The van der Waals surface area contributed by atoms with Gasteiger partial charge in [0, 0.05) is 26.2 Å². The number of piperazine rings is 1. The average Bonchev–Trinajstić information content (AvgIpc) is 2.79. The first-order chi connectivity index (χ1) is 14.1. The zero-order chi connectivity index (χ0) is 20.6. The van der Waals surface area contributed by atoms with Gasteiger partial charge in [-0.1, -0.05) is 31.2 Å². The summed E-state index contributed by atoms with van der Waals surface area (Å²) in [5.74, 6) is 1.45. The standard InChI is InChI=1S/C23H27N3O3/c1-3-18-4-8-21(9-5-18)29-17-23(27)26-14-12-25(13-15-26)22(16-24)19-6-10-20(28-2)11-7-19/h4-11,22H,3,12-15,17H2,1-2H3. The first-order valence-corrected chi connectivity index (χ1v) is 9.91. The highest BCUT2D eigenvalue weighted by molar-refractivity contribution is 5.77. The summed E-state index contributed by atoms with van der Waals surface area (Å²) in [5.41, 5.74) is 2.18. The first-order valence-electron chi connectivity index (χ1n) is 9.91. The van der Waals surface area contributed by atoms with Crippen LogP contribution in [0.15, 0.2) is 48.5 Å². The largest absolute Gasteiger partial charge is 0.497 e. The number of methoxy groups -OCH3 is 1. The van der Waals surface area contributed by atoms with Crippen LogP contribution < -0.4 is 9.47 Å². The normalized spacial score (nSPS) is 15.4. The fraction of sp³-hybridized carbons (Fsp3) is 0.391. The van der Waals surface area contributed by atoms with E-state index in [1.807, 2.05) is 48.5 Å². The number of ether oxygens (including phenoxy) is 2. The quantitative estimate of drug-likeness (QED) is 0.723. The third-order valence-electron chi connectivity index (χ3n) is 5.28. The molecule has 6 nitrogen and oxygen atoms in total. The number of aryl methyl sites for hydroxylation is 1. The molecule has 1 unspecified atom stereocenters. The smallest absolute Gasteiger partial charge is 0.260 e. The molecule has 1 fully saturated rings. The Kier molecular flexibility index (Phi) is 7.09. The van der Waals surface area contributed by atoms with Crippen molar-refractivity contribution in [1.29, 1.82) is 5.26 Å². The lowest BCUT2D eigenvalue weighted by molar-refractivity contribution is -0.135. The zero-order valence-corrected chi connectivity index (χ0v) is 17.0. The maximum atomic E-state index is 12.5. The van der Waals surface area contributed by atoms with E-state index in [9.17, 15) is 10.1 Å². The minimum atomic E-state index is -0.327. The second-order valence-electron chi connectivity index (χ2n) is 7.01. The molecule has 0 spiro atoms. The van der Waals surface area contributed by atoms with Crippen molar-refractivity contribution in [3.05, 3.63) is 59.7 Å². The van der Waals surface area contributed by atoms with E-state index in [2.05, 4.69) is 17.9 Å². The van der Waals surface area contributed by atoms with Crippen LogP contribution in [0.2, 0.25) is 0 Å². The monoisotopic (exact) mass is 393 g/mol. The highest BCUT2D eigenvalue weighted by Gasteiger charge is 2.27. The van der Waals surface area contributed by atoms with Crippen LogP contribution in [0, 0.1) is 11.3 Å². The van der Waals surface area contributed by atoms with Crippen LogP contribution in [0.25, 0.3) is 0 Å². The molecular formula is C23H27N3O3. The second-order valence-corrected chi connectivity index (χ2v) is 7.01. The van der Waals surface area contributed by atoms with Crippen molar-refractivity contribution in [3.8, 4) is 17.6 Å². The average molecular weight is 393 g/mol. The van der Waals surface area contributed by atoms with Gasteiger partial charge in [0.25, 0.3) is 5.91 Å². The highest BCUT2D eigenvalue weighted by atomic mass is 16.5. The molecule has 1 amide bonds. The van der Waals surface area contributed by atoms with Crippen LogP contribution in [-0.2, 0) is 11.2 Å². The number of nitrogens with zero attached hydrogens (tertiary/aromatic N) is 3. The molecular weight excluding hydrogens is 366 g/mol. The Balaban J connectivity index is 1.50. The second kappa shape index (κ2) is 9.94. The summed E-state index contributed by atoms with van der Waals surface area (Å²) in [6.45, 7) is 4.62. The minimum Gasteiger partial charge on any atom is -0.497 e.